The SMILES string of the molecule is COc1cccc(C2C(C(=O)Nc3ccccc3)=C(C)N=C3SC=C(CC(=O)NCCN(C)C)N32)c1. The first kappa shape index (κ1) is 25.5. The smallest absolute Gasteiger partial charge is 0.255 e. The molecule has 1 unspecified atom stereocenters. The van der Waals surface area contributed by atoms with Gasteiger partial charge in [-0.15, -0.1) is 0 Å². The molecule has 2 N–H and O–H groups in total. The lowest BCUT2D eigenvalue weighted by atomic mass is 9.93. The molecule has 0 aromatic heterocycles. The molecule has 8 nitrogen and oxygen atoms in total. The van der Waals surface area contributed by atoms with Gasteiger partial charge in [0, 0.05) is 24.5 Å². The Hall–Kier alpha value is -3.56. The van der Waals surface area contributed by atoms with Crippen LogP contribution in [0, 0.1) is 0 Å². The molecule has 2 aromatic carbocycles. The second kappa shape index (κ2) is 11.5. The standard InChI is InChI=1S/C27H31N5O3S/c1-18-24(26(34)30-20-10-6-5-7-11-20)25(19-9-8-12-22(15-19)35-4)32-21(17-36-27(32)29-18)16-23(33)28-13-14-31(2)3/h5-12,15,17,25H,13-14,16H2,1-4H3,(H,28,33)(H,30,34). The van der Waals surface area contributed by atoms with Crippen molar-refractivity contribution in [1.29, 1.82) is 0 Å². The maximum atomic E-state index is 13.6. The number of carbonyl (C=O) groups is 2. The van der Waals surface area contributed by atoms with Crippen LogP contribution in [0.15, 0.2) is 82.0 Å². The lowest BCUT2D eigenvalue weighted by molar-refractivity contribution is -0.120. The number of anilines is 1. The largest absolute Gasteiger partial charge is 0.497 e. The number of nitrogens with one attached hydrogen (secondary N) is 2. The summed E-state index contributed by atoms with van der Waals surface area (Å²) >= 11 is 1.46. The van der Waals surface area contributed by atoms with E-state index >= 15 is 0 Å². The number of aliphatic imine (C=N–C) groups is 1. The second-order valence-corrected chi connectivity index (χ2v) is 9.66. The van der Waals surface area contributed by atoms with Crippen molar-refractivity contribution < 1.29 is 14.3 Å². The highest BCUT2D eigenvalue weighted by atomic mass is 32.2. The Labute approximate surface area is 216 Å². The molecule has 0 bridgehead atoms. The number of amidine groups is 1. The van der Waals surface area contributed by atoms with Crippen molar-refractivity contribution in [3.8, 4) is 5.75 Å². The van der Waals surface area contributed by atoms with E-state index in [0.29, 0.717) is 29.3 Å². The van der Waals surface area contributed by atoms with Crippen molar-refractivity contribution in [3.05, 3.63) is 82.5 Å². The van der Waals surface area contributed by atoms with Crippen LogP contribution in [0.4, 0.5) is 5.69 Å². The Morgan fingerprint density at radius 2 is 1.92 bits per heavy atom. The van der Waals surface area contributed by atoms with Gasteiger partial charge < -0.3 is 25.2 Å². The summed E-state index contributed by atoms with van der Waals surface area (Å²) in [6.07, 6.45) is 0.187. The van der Waals surface area contributed by atoms with Gasteiger partial charge in [0.15, 0.2) is 5.17 Å². The minimum absolute atomic E-state index is 0.0732. The van der Waals surface area contributed by atoms with Crippen LogP contribution >= 0.6 is 11.8 Å². The molecule has 36 heavy (non-hydrogen) atoms. The number of thioether (sulfide) groups is 1. The normalized spacial score (nSPS) is 16.9. The summed E-state index contributed by atoms with van der Waals surface area (Å²) in [5, 5.41) is 8.68. The van der Waals surface area contributed by atoms with Crippen molar-refractivity contribution in [2.75, 3.05) is 39.6 Å². The molecule has 2 aliphatic heterocycles. The van der Waals surface area contributed by atoms with Crippen molar-refractivity contribution in [2.24, 2.45) is 4.99 Å². The Balaban J connectivity index is 1.67. The van der Waals surface area contributed by atoms with Crippen LogP contribution in [0.1, 0.15) is 24.9 Å². The molecule has 2 aliphatic rings. The predicted octanol–water partition coefficient (Wildman–Crippen LogP) is 3.98. The number of para-hydroxylation sites is 1. The number of hydrogen-bond acceptors (Lipinski definition) is 7. The highest BCUT2D eigenvalue weighted by Crippen LogP contribution is 2.45. The summed E-state index contributed by atoms with van der Waals surface area (Å²) in [5.41, 5.74) is 3.54. The first-order valence-corrected chi connectivity index (χ1v) is 12.6. The van der Waals surface area contributed by atoms with Gasteiger partial charge in [-0.05, 0) is 56.3 Å². The topological polar surface area (TPSA) is 86.3 Å². The second-order valence-electron chi connectivity index (χ2n) is 8.82. The minimum Gasteiger partial charge on any atom is -0.497 e. The van der Waals surface area contributed by atoms with E-state index in [0.717, 1.165) is 23.0 Å². The molecule has 188 valence electrons. The highest BCUT2D eigenvalue weighted by molar-refractivity contribution is 8.16. The number of fused-ring (bicyclic) bond motifs is 1. The van der Waals surface area contributed by atoms with Gasteiger partial charge in [0.25, 0.3) is 5.91 Å². The lowest BCUT2D eigenvalue weighted by Gasteiger charge is -2.36. The van der Waals surface area contributed by atoms with E-state index in [1.807, 2.05) is 90.8 Å². The Morgan fingerprint density at radius 1 is 1.14 bits per heavy atom. The van der Waals surface area contributed by atoms with E-state index in [4.69, 9.17) is 9.73 Å². The molecule has 0 radical (unpaired) electrons. The fourth-order valence-corrected chi connectivity index (χ4v) is 5.12. The summed E-state index contributed by atoms with van der Waals surface area (Å²) < 4.78 is 5.48. The van der Waals surface area contributed by atoms with E-state index in [2.05, 4.69) is 10.6 Å². The van der Waals surface area contributed by atoms with Gasteiger partial charge in [-0.25, -0.2) is 4.99 Å². The van der Waals surface area contributed by atoms with Crippen LogP contribution in [0.5, 0.6) is 5.75 Å². The van der Waals surface area contributed by atoms with Crippen molar-refractivity contribution in [1.82, 2.24) is 15.1 Å². The van der Waals surface area contributed by atoms with Crippen molar-refractivity contribution in [3.63, 3.8) is 0 Å². The highest BCUT2D eigenvalue weighted by Gasteiger charge is 2.40. The van der Waals surface area contributed by atoms with Gasteiger partial charge >= 0.3 is 0 Å². The monoisotopic (exact) mass is 505 g/mol. The molecular formula is C27H31N5O3S. The molecule has 2 heterocycles. The number of allylic oxidation sites excluding steroid dienone is 1. The van der Waals surface area contributed by atoms with E-state index in [-0.39, 0.29) is 18.2 Å². The number of carbonyl (C=O) groups excluding carboxylic acids is 2. The number of rotatable bonds is 9. The third-order valence-corrected chi connectivity index (χ3v) is 6.80. The molecule has 0 saturated carbocycles. The number of nitrogens with zero attached hydrogens (tertiary/aromatic N) is 3. The first-order valence-electron chi connectivity index (χ1n) is 11.7. The molecule has 0 fully saturated rings. The van der Waals surface area contributed by atoms with Crippen LogP contribution < -0.4 is 15.4 Å². The molecule has 0 aliphatic carbocycles. The maximum absolute atomic E-state index is 13.6. The average molecular weight is 506 g/mol. The summed E-state index contributed by atoms with van der Waals surface area (Å²) in [4.78, 5) is 35.2. The van der Waals surface area contributed by atoms with Gasteiger partial charge in [-0.3, -0.25) is 9.59 Å². The number of ether oxygens (including phenoxy) is 1. The van der Waals surface area contributed by atoms with Crippen molar-refractivity contribution in [2.45, 2.75) is 19.4 Å². The van der Waals surface area contributed by atoms with E-state index in [1.165, 1.54) is 11.8 Å². The van der Waals surface area contributed by atoms with Crippen LogP contribution in [0.2, 0.25) is 0 Å². The van der Waals surface area contributed by atoms with Gasteiger partial charge in [-0.1, -0.05) is 42.1 Å². The van der Waals surface area contributed by atoms with Crippen LogP contribution in [0.3, 0.4) is 0 Å². The van der Waals surface area contributed by atoms with E-state index < -0.39 is 6.04 Å². The molecule has 2 amide bonds. The van der Waals surface area contributed by atoms with Crippen molar-refractivity contribution >= 4 is 34.4 Å². The van der Waals surface area contributed by atoms with E-state index in [1.54, 1.807) is 7.11 Å². The van der Waals surface area contributed by atoms with Gasteiger partial charge in [0.05, 0.1) is 30.8 Å². The minimum atomic E-state index is -0.466. The average Bonchev–Trinajstić information content (AvgIpc) is 3.25. The zero-order valence-electron chi connectivity index (χ0n) is 20.9. The lowest BCUT2D eigenvalue weighted by Crippen LogP contribution is -2.39. The molecule has 0 saturated heterocycles. The number of hydrogen-bond donors (Lipinski definition) is 2. The molecule has 0 spiro atoms. The fraction of sp³-hybridized carbons (Fsp3) is 0.296. The van der Waals surface area contributed by atoms with Crippen LogP contribution in [0.25, 0.3) is 0 Å². The third-order valence-electron chi connectivity index (χ3n) is 5.91. The maximum Gasteiger partial charge on any atom is 0.255 e. The molecule has 2 aromatic rings. The number of amides is 2. The first-order chi connectivity index (χ1) is 17.4. The Bertz CT molecular complexity index is 1220. The molecular weight excluding hydrogens is 474 g/mol. The number of methoxy groups -OCH3 is 1. The Morgan fingerprint density at radius 3 is 2.64 bits per heavy atom. The van der Waals surface area contributed by atoms with Gasteiger partial charge in [-0.2, -0.15) is 0 Å². The number of benzene rings is 2. The van der Waals surface area contributed by atoms with Gasteiger partial charge in [0.1, 0.15) is 5.75 Å². The van der Waals surface area contributed by atoms with Crippen LogP contribution in [-0.4, -0.2) is 61.1 Å². The predicted molar refractivity (Wildman–Crippen MR) is 145 cm³/mol. The zero-order valence-corrected chi connectivity index (χ0v) is 21.8. The fourth-order valence-electron chi connectivity index (χ4n) is 4.15. The molecule has 1 atom stereocenters. The van der Waals surface area contributed by atoms with E-state index in [9.17, 15) is 9.59 Å². The summed E-state index contributed by atoms with van der Waals surface area (Å²) in [7, 11) is 5.55. The Kier molecular flexibility index (Phi) is 8.12. The third kappa shape index (κ3) is 5.80. The summed E-state index contributed by atoms with van der Waals surface area (Å²) in [6.45, 7) is 3.17. The molecule has 9 heteroatoms. The summed E-state index contributed by atoms with van der Waals surface area (Å²) in [6, 6.07) is 16.6. The summed E-state index contributed by atoms with van der Waals surface area (Å²) in [5.74, 6) is 0.382. The quantitative estimate of drug-likeness (QED) is 0.536. The molecule has 4 rings (SSSR count). The number of likely N-dealkylation sites (N-methyl/N-ethyl adjacent to an activating group) is 1. The van der Waals surface area contributed by atoms with Crippen LogP contribution in [-0.2, 0) is 9.59 Å². The van der Waals surface area contributed by atoms with Gasteiger partial charge in [0.2, 0.25) is 5.91 Å². The zero-order chi connectivity index (χ0) is 25.7.